The molecule has 0 atom stereocenters. The first kappa shape index (κ1) is 19.4. The number of pyridine rings is 2. The van der Waals surface area contributed by atoms with E-state index in [-0.39, 0.29) is 16.9 Å². The van der Waals surface area contributed by atoms with E-state index in [9.17, 15) is 9.59 Å². The quantitative estimate of drug-likeness (QED) is 0.683. The number of piperidine rings is 1. The van der Waals surface area contributed by atoms with Crippen molar-refractivity contribution < 1.29 is 4.79 Å². The zero-order chi connectivity index (χ0) is 20.5. The van der Waals surface area contributed by atoms with E-state index in [1.165, 1.54) is 0 Å². The first-order chi connectivity index (χ1) is 14.0. The van der Waals surface area contributed by atoms with Crippen molar-refractivity contribution >= 4 is 16.9 Å². The van der Waals surface area contributed by atoms with Gasteiger partial charge in [-0.15, -0.1) is 0 Å². The van der Waals surface area contributed by atoms with Gasteiger partial charge in [-0.1, -0.05) is 0 Å². The zero-order valence-corrected chi connectivity index (χ0v) is 17.3. The van der Waals surface area contributed by atoms with Crippen molar-refractivity contribution in [3.63, 3.8) is 0 Å². The zero-order valence-electron chi connectivity index (χ0n) is 17.3. The molecule has 152 valence electrons. The lowest BCUT2D eigenvalue weighted by Crippen LogP contribution is -2.41. The summed E-state index contributed by atoms with van der Waals surface area (Å²) >= 11 is 0. The third kappa shape index (κ3) is 3.69. The Morgan fingerprint density at radius 2 is 1.93 bits per heavy atom. The summed E-state index contributed by atoms with van der Waals surface area (Å²) in [6.45, 7) is 8.83. The maximum atomic E-state index is 13.2. The molecular formula is C22H27N5O2. The van der Waals surface area contributed by atoms with Crippen molar-refractivity contribution in [1.82, 2.24) is 24.0 Å². The van der Waals surface area contributed by atoms with Crippen LogP contribution < -0.4 is 5.43 Å². The highest BCUT2D eigenvalue weighted by Gasteiger charge is 2.26. The van der Waals surface area contributed by atoms with Gasteiger partial charge in [0.2, 0.25) is 5.43 Å². The van der Waals surface area contributed by atoms with E-state index < -0.39 is 0 Å². The summed E-state index contributed by atoms with van der Waals surface area (Å²) in [6.07, 6.45) is 7.37. The van der Waals surface area contributed by atoms with Crippen LogP contribution in [-0.2, 0) is 13.1 Å². The van der Waals surface area contributed by atoms with E-state index >= 15 is 0 Å². The highest BCUT2D eigenvalue weighted by molar-refractivity contribution is 5.97. The number of hydrogen-bond donors (Lipinski definition) is 0. The van der Waals surface area contributed by atoms with Gasteiger partial charge in [0.05, 0.1) is 5.39 Å². The second kappa shape index (κ2) is 7.81. The normalized spacial score (nSPS) is 15.2. The first-order valence-corrected chi connectivity index (χ1v) is 10.3. The maximum absolute atomic E-state index is 13.2. The van der Waals surface area contributed by atoms with Crippen LogP contribution >= 0.6 is 0 Å². The highest BCUT2D eigenvalue weighted by atomic mass is 16.2. The predicted molar refractivity (Wildman–Crippen MR) is 112 cm³/mol. The summed E-state index contributed by atoms with van der Waals surface area (Å²) in [5.74, 6) is 1.36. The Bertz CT molecular complexity index is 1110. The molecule has 1 amide bonds. The number of likely N-dealkylation sites (tertiary alicyclic amines) is 1. The second-order valence-corrected chi connectivity index (χ2v) is 7.84. The highest BCUT2D eigenvalue weighted by Crippen LogP contribution is 2.21. The number of carbonyl (C=O) groups excluding carboxylic acids is 1. The van der Waals surface area contributed by atoms with Crippen LogP contribution in [0.1, 0.15) is 41.6 Å². The largest absolute Gasteiger partial charge is 0.338 e. The number of amides is 1. The standard InChI is InChI=1S/C22H27N5O2/c1-4-25-14-19(20(28)18-6-5-15(2)24-21(18)25)22(29)26-10-7-17(8-11-26)13-27-12-9-23-16(27)3/h5-6,9,12,14,17H,4,7-8,10-11,13H2,1-3H3. The van der Waals surface area contributed by atoms with Gasteiger partial charge in [-0.2, -0.15) is 0 Å². The van der Waals surface area contributed by atoms with Gasteiger partial charge < -0.3 is 14.0 Å². The molecule has 3 aromatic rings. The Balaban J connectivity index is 1.54. The van der Waals surface area contributed by atoms with Crippen LogP contribution in [0.4, 0.5) is 0 Å². The fourth-order valence-electron chi connectivity index (χ4n) is 4.12. The van der Waals surface area contributed by atoms with E-state index in [0.29, 0.717) is 36.6 Å². The Hall–Kier alpha value is -2.96. The van der Waals surface area contributed by atoms with Gasteiger partial charge in [-0.25, -0.2) is 9.97 Å². The van der Waals surface area contributed by atoms with Gasteiger partial charge >= 0.3 is 0 Å². The molecule has 0 radical (unpaired) electrons. The van der Waals surface area contributed by atoms with Crippen molar-refractivity contribution in [2.24, 2.45) is 5.92 Å². The van der Waals surface area contributed by atoms with Gasteiger partial charge in [0.1, 0.15) is 17.0 Å². The molecule has 1 fully saturated rings. The molecule has 0 spiro atoms. The number of fused-ring (bicyclic) bond motifs is 1. The lowest BCUT2D eigenvalue weighted by molar-refractivity contribution is 0.0680. The Morgan fingerprint density at radius 1 is 1.17 bits per heavy atom. The van der Waals surface area contributed by atoms with Gasteiger partial charge in [-0.3, -0.25) is 9.59 Å². The van der Waals surface area contributed by atoms with E-state index in [2.05, 4.69) is 14.5 Å². The topological polar surface area (TPSA) is 73.0 Å². The number of imidazole rings is 1. The number of rotatable bonds is 4. The predicted octanol–water partition coefficient (Wildman–Crippen LogP) is 2.78. The molecule has 0 aliphatic carbocycles. The Kier molecular flexibility index (Phi) is 5.22. The summed E-state index contributed by atoms with van der Waals surface area (Å²) < 4.78 is 4.06. The van der Waals surface area contributed by atoms with E-state index in [4.69, 9.17) is 0 Å². The molecule has 3 aromatic heterocycles. The number of carbonyl (C=O) groups is 1. The minimum atomic E-state index is -0.224. The molecule has 0 unspecified atom stereocenters. The van der Waals surface area contributed by atoms with Crippen molar-refractivity contribution in [2.75, 3.05) is 13.1 Å². The fraction of sp³-hybridized carbons (Fsp3) is 0.455. The molecule has 7 nitrogen and oxygen atoms in total. The molecule has 0 saturated carbocycles. The SMILES string of the molecule is CCn1cc(C(=O)N2CCC(Cn3ccnc3C)CC2)c(=O)c2ccc(C)nc21. The van der Waals surface area contributed by atoms with Crippen LogP contribution in [0.2, 0.25) is 0 Å². The second-order valence-electron chi connectivity index (χ2n) is 7.84. The van der Waals surface area contributed by atoms with Crippen molar-refractivity contribution in [2.45, 2.75) is 46.7 Å². The minimum absolute atomic E-state index is 0.170. The summed E-state index contributed by atoms with van der Waals surface area (Å²) in [5.41, 5.74) is 1.52. The van der Waals surface area contributed by atoms with Crippen molar-refractivity contribution in [3.05, 3.63) is 58.0 Å². The van der Waals surface area contributed by atoms with Crippen LogP contribution in [0.15, 0.2) is 35.5 Å². The molecule has 0 aromatic carbocycles. The Morgan fingerprint density at radius 3 is 2.59 bits per heavy atom. The van der Waals surface area contributed by atoms with Gasteiger partial charge in [0, 0.05) is 50.5 Å². The minimum Gasteiger partial charge on any atom is -0.338 e. The lowest BCUT2D eigenvalue weighted by Gasteiger charge is -2.32. The average molecular weight is 393 g/mol. The fourth-order valence-corrected chi connectivity index (χ4v) is 4.12. The van der Waals surface area contributed by atoms with Gasteiger partial charge in [0.25, 0.3) is 5.91 Å². The number of hydrogen-bond acceptors (Lipinski definition) is 4. The molecule has 0 bridgehead atoms. The third-order valence-corrected chi connectivity index (χ3v) is 5.91. The smallest absolute Gasteiger partial charge is 0.259 e. The van der Waals surface area contributed by atoms with Crippen LogP contribution in [-0.4, -0.2) is 43.0 Å². The van der Waals surface area contributed by atoms with Crippen molar-refractivity contribution in [3.8, 4) is 0 Å². The molecule has 4 heterocycles. The molecule has 29 heavy (non-hydrogen) atoms. The number of aryl methyl sites for hydroxylation is 3. The lowest BCUT2D eigenvalue weighted by atomic mass is 9.96. The molecule has 0 N–H and O–H groups in total. The van der Waals surface area contributed by atoms with Gasteiger partial charge in [-0.05, 0) is 51.7 Å². The van der Waals surface area contributed by atoms with Gasteiger partial charge in [0.15, 0.2) is 0 Å². The summed E-state index contributed by atoms with van der Waals surface area (Å²) in [5, 5.41) is 0.508. The molecular weight excluding hydrogens is 366 g/mol. The first-order valence-electron chi connectivity index (χ1n) is 10.3. The van der Waals surface area contributed by atoms with E-state index in [0.717, 1.165) is 30.9 Å². The number of nitrogens with zero attached hydrogens (tertiary/aromatic N) is 5. The average Bonchev–Trinajstić information content (AvgIpc) is 3.13. The van der Waals surface area contributed by atoms with E-state index in [1.807, 2.05) is 48.7 Å². The molecule has 7 heteroatoms. The summed E-state index contributed by atoms with van der Waals surface area (Å²) in [7, 11) is 0. The maximum Gasteiger partial charge on any atom is 0.259 e. The van der Waals surface area contributed by atoms with Crippen LogP contribution in [0.5, 0.6) is 0 Å². The molecule has 1 aliphatic rings. The van der Waals surface area contributed by atoms with Crippen LogP contribution in [0, 0.1) is 19.8 Å². The van der Waals surface area contributed by atoms with E-state index in [1.54, 1.807) is 12.3 Å². The van der Waals surface area contributed by atoms with Crippen LogP contribution in [0.3, 0.4) is 0 Å². The summed E-state index contributed by atoms with van der Waals surface area (Å²) in [4.78, 5) is 36.8. The monoisotopic (exact) mass is 393 g/mol. The molecule has 1 saturated heterocycles. The number of aromatic nitrogens is 4. The van der Waals surface area contributed by atoms with Crippen LogP contribution in [0.25, 0.3) is 11.0 Å². The molecule has 4 rings (SSSR count). The molecule has 1 aliphatic heterocycles. The van der Waals surface area contributed by atoms with Crippen molar-refractivity contribution in [1.29, 1.82) is 0 Å². The summed E-state index contributed by atoms with van der Waals surface area (Å²) in [6, 6.07) is 3.60. The third-order valence-electron chi connectivity index (χ3n) is 5.91. The Labute approximate surface area is 170 Å².